The number of hydrogen-bond acceptors (Lipinski definition) is 3. The van der Waals surface area contributed by atoms with Crippen LogP contribution in [0.5, 0.6) is 0 Å². The average Bonchev–Trinajstić information content (AvgIpc) is 2.66. The van der Waals surface area contributed by atoms with Crippen molar-refractivity contribution in [1.82, 2.24) is 0 Å². The molecule has 1 aliphatic heterocycles. The smallest absolute Gasteiger partial charge is 0.460 e. The van der Waals surface area contributed by atoms with E-state index in [0.717, 1.165) is 0 Å². The second-order valence-electron chi connectivity index (χ2n) is 8.35. The molecule has 1 aromatic carbocycles. The van der Waals surface area contributed by atoms with Gasteiger partial charge in [-0.1, -0.05) is 32.9 Å². The van der Waals surface area contributed by atoms with Gasteiger partial charge in [0.2, 0.25) is 0 Å². The Labute approximate surface area is 188 Å². The van der Waals surface area contributed by atoms with Crippen LogP contribution in [0.2, 0.25) is 0 Å². The Kier molecular flexibility index (Phi) is 8.91. The van der Waals surface area contributed by atoms with Crippen molar-refractivity contribution in [3.8, 4) is 0 Å². The van der Waals surface area contributed by atoms with Crippen molar-refractivity contribution in [1.29, 1.82) is 0 Å². The highest BCUT2D eigenvalue weighted by molar-refractivity contribution is 7.96. The van der Waals surface area contributed by atoms with E-state index in [1.54, 1.807) is 4.90 Å². The maximum atomic E-state index is 12.2. The third-order valence-electron chi connectivity index (χ3n) is 4.77. The van der Waals surface area contributed by atoms with E-state index in [2.05, 4.69) is 45.0 Å². The molecule has 192 valence electrons. The van der Waals surface area contributed by atoms with Gasteiger partial charge in [-0.25, -0.2) is 8.42 Å². The van der Waals surface area contributed by atoms with Gasteiger partial charge in [0.05, 0.1) is 0 Å². The van der Waals surface area contributed by atoms with E-state index in [9.17, 15) is 52.5 Å². The SMILES string of the molecule is CC(C)(C)c1ccc([S+]2CCCCC2)cc1.O=S(=O)([O-])C(F)(F)C(F)(F)C(F)(F)C(F)(F)F. The van der Waals surface area contributed by atoms with E-state index >= 15 is 0 Å². The zero-order valence-corrected chi connectivity index (χ0v) is 19.4. The van der Waals surface area contributed by atoms with Crippen LogP contribution in [0.25, 0.3) is 0 Å². The maximum absolute atomic E-state index is 12.2. The van der Waals surface area contributed by atoms with Gasteiger partial charge in [-0.3, -0.25) is 0 Å². The summed E-state index contributed by atoms with van der Waals surface area (Å²) < 4.78 is 135. The van der Waals surface area contributed by atoms with Gasteiger partial charge in [-0.2, -0.15) is 39.5 Å². The molecule has 3 nitrogen and oxygen atoms in total. The molecule has 0 aromatic heterocycles. The van der Waals surface area contributed by atoms with Crippen molar-refractivity contribution in [2.45, 2.75) is 73.6 Å². The molecule has 1 aromatic rings. The third-order valence-corrected chi connectivity index (χ3v) is 8.15. The van der Waals surface area contributed by atoms with Gasteiger partial charge >= 0.3 is 23.3 Å². The first-order valence-electron chi connectivity index (χ1n) is 9.51. The van der Waals surface area contributed by atoms with Crippen molar-refractivity contribution in [2.24, 2.45) is 0 Å². The van der Waals surface area contributed by atoms with Gasteiger partial charge in [0, 0.05) is 10.9 Å². The summed E-state index contributed by atoms with van der Waals surface area (Å²) in [6, 6.07) is 9.40. The highest BCUT2D eigenvalue weighted by atomic mass is 32.2. The summed E-state index contributed by atoms with van der Waals surface area (Å²) in [5, 5.41) is -7.11. The van der Waals surface area contributed by atoms with E-state index in [4.69, 9.17) is 0 Å². The molecule has 14 heteroatoms. The van der Waals surface area contributed by atoms with Crippen LogP contribution in [-0.4, -0.2) is 47.8 Å². The van der Waals surface area contributed by atoms with Crippen molar-refractivity contribution in [2.75, 3.05) is 11.5 Å². The fourth-order valence-corrected chi connectivity index (χ4v) is 5.48. The minimum absolute atomic E-state index is 0.286. The molecule has 1 heterocycles. The van der Waals surface area contributed by atoms with Crippen molar-refractivity contribution in [3.63, 3.8) is 0 Å². The lowest BCUT2D eigenvalue weighted by atomic mass is 9.87. The summed E-state index contributed by atoms with van der Waals surface area (Å²) in [7, 11) is -6.86. The van der Waals surface area contributed by atoms with Crippen LogP contribution in [0, 0.1) is 0 Å². The molecule has 0 bridgehead atoms. The lowest BCUT2D eigenvalue weighted by Crippen LogP contribution is -2.63. The summed E-state index contributed by atoms with van der Waals surface area (Å²) in [5.41, 5.74) is 1.74. The molecule has 0 spiro atoms. The predicted molar refractivity (Wildman–Crippen MR) is 105 cm³/mol. The molecule has 0 atom stereocenters. The zero-order chi connectivity index (χ0) is 26.1. The number of halogens is 9. The molecule has 1 fully saturated rings. The summed E-state index contributed by atoms with van der Waals surface area (Å²) in [6.45, 7) is 6.85. The van der Waals surface area contributed by atoms with Gasteiger partial charge in [-0.15, -0.1) is 0 Å². The number of benzene rings is 1. The second-order valence-corrected chi connectivity index (χ2v) is 12.0. The molecular weight excluding hydrogens is 511 g/mol. The van der Waals surface area contributed by atoms with Crippen LogP contribution in [0.4, 0.5) is 39.5 Å². The van der Waals surface area contributed by atoms with E-state index in [1.165, 1.54) is 36.3 Å². The molecule has 0 N–H and O–H groups in total. The van der Waals surface area contributed by atoms with Crippen molar-refractivity contribution < 1.29 is 52.5 Å². The standard InChI is InChI=1S/C15H23S.C4HF9O3S/c1-15(2,3)13-7-9-14(10-8-13)16-11-5-4-6-12-16;5-1(6,3(9,10)11)2(7,8)4(12,13)17(14,15)16/h7-10H,4-6,11-12H2,1-3H3;(H,14,15,16)/q+1;/p-1. The molecule has 1 aliphatic rings. The van der Waals surface area contributed by atoms with Gasteiger partial charge in [0.1, 0.15) is 11.5 Å². The Hall–Kier alpha value is -1.15. The largest absolute Gasteiger partial charge is 0.743 e. The second kappa shape index (κ2) is 9.84. The van der Waals surface area contributed by atoms with Crippen LogP contribution in [0.3, 0.4) is 0 Å². The molecule has 0 amide bonds. The quantitative estimate of drug-likeness (QED) is 0.266. The molecule has 1 saturated heterocycles. The molecular formula is C19H23F9O3S2. The lowest BCUT2D eigenvalue weighted by molar-refractivity contribution is -0.382. The highest BCUT2D eigenvalue weighted by Gasteiger charge is 2.83. The van der Waals surface area contributed by atoms with Crippen molar-refractivity contribution in [3.05, 3.63) is 29.8 Å². The van der Waals surface area contributed by atoms with Gasteiger partial charge in [0.15, 0.2) is 15.0 Å². The number of alkyl halides is 9. The Bertz CT molecular complexity index is 885. The van der Waals surface area contributed by atoms with E-state index < -0.39 is 33.4 Å². The highest BCUT2D eigenvalue weighted by Crippen LogP contribution is 2.54. The number of hydrogen-bond donors (Lipinski definition) is 0. The van der Waals surface area contributed by atoms with Crippen molar-refractivity contribution >= 4 is 21.0 Å². The molecule has 33 heavy (non-hydrogen) atoms. The fraction of sp³-hybridized carbons (Fsp3) is 0.684. The first-order valence-corrected chi connectivity index (χ1v) is 12.5. The lowest BCUT2D eigenvalue weighted by Gasteiger charge is -2.34. The van der Waals surface area contributed by atoms with Crippen LogP contribution in [0.15, 0.2) is 29.2 Å². The van der Waals surface area contributed by atoms with Crippen LogP contribution in [-0.2, 0) is 26.4 Å². The minimum Gasteiger partial charge on any atom is -0.743 e. The van der Waals surface area contributed by atoms with E-state index in [-0.39, 0.29) is 5.41 Å². The molecule has 0 aliphatic carbocycles. The average molecular weight is 535 g/mol. The van der Waals surface area contributed by atoms with Gasteiger partial charge < -0.3 is 4.55 Å². The summed E-state index contributed by atoms with van der Waals surface area (Å²) in [5.74, 6) is -12.0. The van der Waals surface area contributed by atoms with Crippen LogP contribution < -0.4 is 0 Å². The summed E-state index contributed by atoms with van der Waals surface area (Å²) in [6.07, 6.45) is -2.84. The van der Waals surface area contributed by atoms with E-state index in [0.29, 0.717) is 10.9 Å². The fourth-order valence-electron chi connectivity index (χ4n) is 2.73. The Balaban J connectivity index is 0.000000330. The van der Waals surface area contributed by atoms with Crippen LogP contribution in [0.1, 0.15) is 45.6 Å². The maximum Gasteiger partial charge on any atom is 0.460 e. The van der Waals surface area contributed by atoms with Crippen LogP contribution >= 0.6 is 0 Å². The first kappa shape index (κ1) is 29.9. The molecule has 0 radical (unpaired) electrons. The van der Waals surface area contributed by atoms with Gasteiger partial charge in [-0.05, 0) is 42.4 Å². The Morgan fingerprint density at radius 2 is 1.18 bits per heavy atom. The minimum atomic E-state index is -7.43. The first-order chi connectivity index (χ1) is 14.6. The molecule has 0 unspecified atom stereocenters. The summed E-state index contributed by atoms with van der Waals surface area (Å²) in [4.78, 5) is 1.59. The molecule has 2 rings (SSSR count). The monoisotopic (exact) mass is 534 g/mol. The van der Waals surface area contributed by atoms with E-state index in [1.807, 2.05) is 0 Å². The Morgan fingerprint density at radius 1 is 0.758 bits per heavy atom. The van der Waals surface area contributed by atoms with Gasteiger partial charge in [0.25, 0.3) is 0 Å². The normalized spacial score (nSPS) is 17.4. The number of rotatable bonds is 4. The Morgan fingerprint density at radius 3 is 1.52 bits per heavy atom. The zero-order valence-electron chi connectivity index (χ0n) is 17.8. The summed E-state index contributed by atoms with van der Waals surface area (Å²) >= 11 is 0. The predicted octanol–water partition coefficient (Wildman–Crippen LogP) is 6.10. The third kappa shape index (κ3) is 6.50. The topological polar surface area (TPSA) is 57.2 Å². The molecule has 0 saturated carbocycles.